The van der Waals surface area contributed by atoms with Crippen LogP contribution >= 0.6 is 0 Å². The van der Waals surface area contributed by atoms with Crippen molar-refractivity contribution in [3.05, 3.63) is 46.0 Å². The van der Waals surface area contributed by atoms with Crippen molar-refractivity contribution in [1.29, 1.82) is 0 Å². The van der Waals surface area contributed by atoms with Gasteiger partial charge in [-0.2, -0.15) is 0 Å². The second-order valence-electron chi connectivity index (χ2n) is 5.02. The van der Waals surface area contributed by atoms with Crippen molar-refractivity contribution in [3.8, 4) is 0 Å². The molecule has 7 heteroatoms. The number of benzene rings is 1. The molecule has 7 nitrogen and oxygen atoms in total. The Morgan fingerprint density at radius 3 is 2.86 bits per heavy atom. The Bertz CT molecular complexity index is 586. The van der Waals surface area contributed by atoms with E-state index >= 15 is 0 Å². The van der Waals surface area contributed by atoms with Crippen LogP contribution in [0.4, 0.5) is 16.2 Å². The summed E-state index contributed by atoms with van der Waals surface area (Å²) in [6.45, 7) is 1.82. The quantitative estimate of drug-likeness (QED) is 0.448. The number of nitro groups is 1. The van der Waals surface area contributed by atoms with E-state index < -0.39 is 11.0 Å². The maximum atomic E-state index is 11.9. The molecule has 1 aromatic carbocycles. The molecule has 0 unspecified atom stereocenters. The van der Waals surface area contributed by atoms with Crippen LogP contribution in [-0.4, -0.2) is 28.7 Å². The van der Waals surface area contributed by atoms with Gasteiger partial charge in [0, 0.05) is 30.7 Å². The predicted molar refractivity (Wildman–Crippen MR) is 78.1 cm³/mol. The highest BCUT2D eigenvalue weighted by Gasteiger charge is 2.20. The number of hydrogen-bond acceptors (Lipinski definition) is 4. The van der Waals surface area contributed by atoms with Gasteiger partial charge in [0.2, 0.25) is 0 Å². The molecular weight excluding hydrogens is 274 g/mol. The lowest BCUT2D eigenvalue weighted by Gasteiger charge is -2.14. The number of aryl methyl sites for hydroxylation is 1. The second kappa shape index (κ2) is 6.36. The van der Waals surface area contributed by atoms with Gasteiger partial charge in [0.1, 0.15) is 0 Å². The first-order valence-electron chi connectivity index (χ1n) is 6.61. The van der Waals surface area contributed by atoms with Crippen LogP contribution in [0.2, 0.25) is 0 Å². The second-order valence-corrected chi connectivity index (χ2v) is 5.02. The SMILES string of the molecule is Cc1ccc([N+](=O)[O-])cc1NC(=O)N[C@@H]1C=C[C@H](CO)C1. The van der Waals surface area contributed by atoms with E-state index in [-0.39, 0.29) is 24.3 Å². The number of hydrogen-bond donors (Lipinski definition) is 3. The molecule has 0 aliphatic heterocycles. The maximum absolute atomic E-state index is 11.9. The lowest BCUT2D eigenvalue weighted by atomic mass is 10.1. The number of amides is 2. The molecule has 0 radical (unpaired) electrons. The van der Waals surface area contributed by atoms with Crippen LogP contribution < -0.4 is 10.6 Å². The van der Waals surface area contributed by atoms with Crippen LogP contribution in [0.3, 0.4) is 0 Å². The molecule has 112 valence electrons. The summed E-state index contributed by atoms with van der Waals surface area (Å²) in [5.74, 6) is 0.0647. The molecule has 0 heterocycles. The Morgan fingerprint density at radius 1 is 1.48 bits per heavy atom. The van der Waals surface area contributed by atoms with Crippen LogP contribution in [0.15, 0.2) is 30.4 Å². The molecule has 0 saturated heterocycles. The van der Waals surface area contributed by atoms with Crippen molar-refractivity contribution in [2.24, 2.45) is 5.92 Å². The number of rotatable bonds is 4. The first-order chi connectivity index (χ1) is 9.99. The van der Waals surface area contributed by atoms with Gasteiger partial charge in [-0.05, 0) is 18.9 Å². The number of nitro benzene ring substituents is 1. The summed E-state index contributed by atoms with van der Waals surface area (Å²) in [4.78, 5) is 22.1. The lowest BCUT2D eigenvalue weighted by molar-refractivity contribution is -0.384. The molecule has 0 spiro atoms. The van der Waals surface area contributed by atoms with Crippen molar-refractivity contribution < 1.29 is 14.8 Å². The van der Waals surface area contributed by atoms with Crippen molar-refractivity contribution in [2.45, 2.75) is 19.4 Å². The molecule has 2 amide bonds. The summed E-state index contributed by atoms with van der Waals surface area (Å²) >= 11 is 0. The summed E-state index contributed by atoms with van der Waals surface area (Å²) in [6, 6.07) is 3.75. The van der Waals surface area contributed by atoms with E-state index in [1.54, 1.807) is 13.0 Å². The van der Waals surface area contributed by atoms with Crippen molar-refractivity contribution in [1.82, 2.24) is 5.32 Å². The van der Waals surface area contributed by atoms with Gasteiger partial charge >= 0.3 is 6.03 Å². The molecule has 1 aliphatic carbocycles. The van der Waals surface area contributed by atoms with E-state index in [0.29, 0.717) is 12.1 Å². The van der Waals surface area contributed by atoms with E-state index in [2.05, 4.69) is 10.6 Å². The van der Waals surface area contributed by atoms with Gasteiger partial charge in [0.05, 0.1) is 10.6 Å². The number of anilines is 1. The highest BCUT2D eigenvalue weighted by atomic mass is 16.6. The topological polar surface area (TPSA) is 105 Å². The number of nitrogens with one attached hydrogen (secondary N) is 2. The Hall–Kier alpha value is -2.41. The minimum Gasteiger partial charge on any atom is -0.396 e. The predicted octanol–water partition coefficient (Wildman–Crippen LogP) is 1.96. The van der Waals surface area contributed by atoms with Crippen LogP contribution in [-0.2, 0) is 0 Å². The summed E-state index contributed by atoms with van der Waals surface area (Å²) in [7, 11) is 0. The van der Waals surface area contributed by atoms with Gasteiger partial charge in [0.15, 0.2) is 0 Å². The molecule has 0 bridgehead atoms. The standard InChI is InChI=1S/C14H17N3O4/c1-9-2-5-12(17(20)21)7-13(9)16-14(19)15-11-4-3-10(6-11)8-18/h2-5,7,10-11,18H,6,8H2,1H3,(H2,15,16,19)/t10-,11+/m0/s1. The van der Waals surface area contributed by atoms with E-state index in [4.69, 9.17) is 5.11 Å². The largest absolute Gasteiger partial charge is 0.396 e. The van der Waals surface area contributed by atoms with Gasteiger partial charge in [-0.25, -0.2) is 4.79 Å². The average Bonchev–Trinajstić information content (AvgIpc) is 2.88. The smallest absolute Gasteiger partial charge is 0.319 e. The van der Waals surface area contributed by atoms with Crippen LogP contribution in [0, 0.1) is 23.0 Å². The van der Waals surface area contributed by atoms with Gasteiger partial charge in [-0.3, -0.25) is 10.1 Å². The zero-order valence-corrected chi connectivity index (χ0v) is 11.6. The zero-order chi connectivity index (χ0) is 15.4. The number of nitrogens with zero attached hydrogens (tertiary/aromatic N) is 1. The van der Waals surface area contributed by atoms with Crippen molar-refractivity contribution in [2.75, 3.05) is 11.9 Å². The van der Waals surface area contributed by atoms with Gasteiger partial charge in [0.25, 0.3) is 5.69 Å². The third-order valence-corrected chi connectivity index (χ3v) is 3.40. The molecule has 2 atom stereocenters. The van der Waals surface area contributed by atoms with E-state index in [1.165, 1.54) is 12.1 Å². The van der Waals surface area contributed by atoms with E-state index in [9.17, 15) is 14.9 Å². The fourth-order valence-electron chi connectivity index (χ4n) is 2.20. The number of aliphatic hydroxyl groups is 1. The molecule has 3 N–H and O–H groups in total. The molecule has 2 rings (SSSR count). The monoisotopic (exact) mass is 291 g/mol. The number of aliphatic hydroxyl groups excluding tert-OH is 1. The van der Waals surface area contributed by atoms with Gasteiger partial charge in [-0.1, -0.05) is 18.2 Å². The molecule has 1 aliphatic rings. The molecule has 0 aromatic heterocycles. The third kappa shape index (κ3) is 3.79. The maximum Gasteiger partial charge on any atom is 0.319 e. The minimum absolute atomic E-state index is 0.0558. The number of carbonyl (C=O) groups is 1. The van der Waals surface area contributed by atoms with Crippen molar-refractivity contribution >= 4 is 17.4 Å². The Balaban J connectivity index is 1.98. The van der Waals surface area contributed by atoms with Crippen LogP contribution in [0.25, 0.3) is 0 Å². The minimum atomic E-state index is -0.506. The Kier molecular flexibility index (Phi) is 4.54. The van der Waals surface area contributed by atoms with E-state index in [1.807, 2.05) is 12.2 Å². The fraction of sp³-hybridized carbons (Fsp3) is 0.357. The van der Waals surface area contributed by atoms with Gasteiger partial charge in [-0.15, -0.1) is 0 Å². The molecule has 1 aromatic rings. The lowest BCUT2D eigenvalue weighted by Crippen LogP contribution is -2.36. The summed E-state index contributed by atoms with van der Waals surface area (Å²) in [5.41, 5.74) is 1.07. The highest BCUT2D eigenvalue weighted by Crippen LogP contribution is 2.22. The molecular formula is C14H17N3O4. The first kappa shape index (κ1) is 15.0. The molecule has 0 saturated carbocycles. The number of carbonyl (C=O) groups excluding carboxylic acids is 1. The summed E-state index contributed by atoms with van der Waals surface area (Å²) in [6.07, 6.45) is 4.35. The fourth-order valence-corrected chi connectivity index (χ4v) is 2.20. The van der Waals surface area contributed by atoms with Crippen LogP contribution in [0.1, 0.15) is 12.0 Å². The molecule has 0 fully saturated rings. The van der Waals surface area contributed by atoms with Crippen molar-refractivity contribution in [3.63, 3.8) is 0 Å². The Labute approximate surface area is 121 Å². The summed E-state index contributed by atoms with van der Waals surface area (Å²) in [5, 5.41) is 25.1. The van der Waals surface area contributed by atoms with Gasteiger partial charge < -0.3 is 15.7 Å². The third-order valence-electron chi connectivity index (χ3n) is 3.40. The van der Waals surface area contributed by atoms with E-state index in [0.717, 1.165) is 5.56 Å². The highest BCUT2D eigenvalue weighted by molar-refractivity contribution is 5.90. The molecule has 21 heavy (non-hydrogen) atoms. The van der Waals surface area contributed by atoms with Crippen LogP contribution in [0.5, 0.6) is 0 Å². The Morgan fingerprint density at radius 2 is 2.24 bits per heavy atom. The number of non-ortho nitro benzene ring substituents is 1. The average molecular weight is 291 g/mol. The normalized spacial score (nSPS) is 20.3. The zero-order valence-electron chi connectivity index (χ0n) is 11.6. The number of urea groups is 1. The summed E-state index contributed by atoms with van der Waals surface area (Å²) < 4.78 is 0. The first-order valence-corrected chi connectivity index (χ1v) is 6.61.